The van der Waals surface area contributed by atoms with Crippen LogP contribution in [0, 0.1) is 5.92 Å². The second-order valence-electron chi connectivity index (χ2n) is 11.6. The third-order valence-corrected chi connectivity index (χ3v) is 9.76. The Bertz CT molecular complexity index is 1550. The zero-order valence-electron chi connectivity index (χ0n) is 23.6. The fourth-order valence-corrected chi connectivity index (χ4v) is 6.82. The Kier molecular flexibility index (Phi) is 7.78. The third kappa shape index (κ3) is 6.28. The molecule has 2 aliphatic heterocycles. The van der Waals surface area contributed by atoms with Gasteiger partial charge in [-0.25, -0.2) is 13.1 Å². The molecule has 6 rings (SSSR count). The number of anilines is 1. The van der Waals surface area contributed by atoms with E-state index in [2.05, 4.69) is 46.1 Å². The van der Waals surface area contributed by atoms with Crippen LogP contribution in [0.5, 0.6) is 0 Å². The van der Waals surface area contributed by atoms with Gasteiger partial charge in [-0.2, -0.15) is 0 Å². The van der Waals surface area contributed by atoms with Gasteiger partial charge in [-0.3, -0.25) is 14.7 Å². The number of rotatable bonds is 10. The fourth-order valence-electron chi connectivity index (χ4n) is 5.67. The van der Waals surface area contributed by atoms with Crippen LogP contribution in [0.3, 0.4) is 0 Å². The van der Waals surface area contributed by atoms with Gasteiger partial charge in [0.05, 0.1) is 16.3 Å². The molecule has 0 spiro atoms. The molecular weight excluding hydrogens is 534 g/mol. The lowest BCUT2D eigenvalue weighted by Crippen LogP contribution is -2.31. The summed E-state index contributed by atoms with van der Waals surface area (Å²) in [6.45, 7) is 3.49. The molecule has 1 aliphatic carbocycles. The molecule has 1 saturated heterocycles. The van der Waals surface area contributed by atoms with Gasteiger partial charge < -0.3 is 10.2 Å². The molecule has 2 unspecified atom stereocenters. The number of nitrogens with zero attached hydrogens (tertiary/aromatic N) is 3. The predicted octanol–water partition coefficient (Wildman–Crippen LogP) is 4.37. The van der Waals surface area contributed by atoms with Gasteiger partial charge in [0.15, 0.2) is 0 Å². The van der Waals surface area contributed by atoms with Crippen molar-refractivity contribution in [2.45, 2.75) is 42.7 Å². The Morgan fingerprint density at radius 2 is 1.78 bits per heavy atom. The Hall–Kier alpha value is -3.37. The molecule has 41 heavy (non-hydrogen) atoms. The maximum atomic E-state index is 13.4. The van der Waals surface area contributed by atoms with E-state index in [9.17, 15) is 13.2 Å². The van der Waals surface area contributed by atoms with Crippen molar-refractivity contribution < 1.29 is 13.2 Å². The number of carbonyl (C=O) groups is 1. The Labute approximate surface area is 242 Å². The summed E-state index contributed by atoms with van der Waals surface area (Å²) < 4.78 is 28.8. The van der Waals surface area contributed by atoms with Crippen molar-refractivity contribution in [3.8, 4) is 0 Å². The Morgan fingerprint density at radius 3 is 2.46 bits per heavy atom. The molecule has 2 fully saturated rings. The first-order chi connectivity index (χ1) is 19.8. The van der Waals surface area contributed by atoms with Gasteiger partial charge in [0.1, 0.15) is 5.92 Å². The number of benzene rings is 3. The lowest BCUT2D eigenvalue weighted by molar-refractivity contribution is -0.115. The van der Waals surface area contributed by atoms with Crippen molar-refractivity contribution in [3.05, 3.63) is 89.5 Å². The SMILES string of the molecule is CN(C)C1CCN(Cc2ccc(N=C(c3ccccc3)C3C(=O)Nc4ccc(S(=O)(=O)NCC5CC5)cc43)cc2)C1. The van der Waals surface area contributed by atoms with Gasteiger partial charge in [0, 0.05) is 37.9 Å². The highest BCUT2D eigenvalue weighted by molar-refractivity contribution is 7.89. The molecule has 3 aromatic rings. The zero-order valence-corrected chi connectivity index (χ0v) is 24.4. The van der Waals surface area contributed by atoms with Gasteiger partial charge in [-0.15, -0.1) is 0 Å². The maximum Gasteiger partial charge on any atom is 0.240 e. The van der Waals surface area contributed by atoms with Gasteiger partial charge in [-0.1, -0.05) is 42.5 Å². The van der Waals surface area contributed by atoms with E-state index in [1.807, 2.05) is 42.5 Å². The second kappa shape index (κ2) is 11.5. The number of likely N-dealkylation sites (N-methyl/N-ethyl adjacent to an activating group) is 1. The number of fused-ring (bicyclic) bond motifs is 1. The number of hydrogen-bond donors (Lipinski definition) is 2. The van der Waals surface area contributed by atoms with Crippen LogP contribution in [0.4, 0.5) is 11.4 Å². The van der Waals surface area contributed by atoms with E-state index in [1.165, 1.54) is 12.0 Å². The van der Waals surface area contributed by atoms with Gasteiger partial charge >= 0.3 is 0 Å². The van der Waals surface area contributed by atoms with Crippen molar-refractivity contribution >= 4 is 33.0 Å². The monoisotopic (exact) mass is 571 g/mol. The number of hydrogen-bond acceptors (Lipinski definition) is 6. The summed E-state index contributed by atoms with van der Waals surface area (Å²) in [6, 6.07) is 23.3. The number of carbonyl (C=O) groups excluding carboxylic acids is 1. The minimum Gasteiger partial charge on any atom is -0.325 e. The molecule has 2 atom stereocenters. The molecule has 9 heteroatoms. The van der Waals surface area contributed by atoms with Crippen LogP contribution in [0.15, 0.2) is 82.7 Å². The molecule has 3 aromatic carbocycles. The number of amides is 1. The standard InChI is InChI=1S/C32H37N5O3S/c1-36(2)26-16-17-37(21-26)20-23-10-12-25(13-11-23)34-31(24-6-4-3-5-7-24)30-28-18-27(14-15-29(28)35-32(30)38)41(39,40)33-19-22-8-9-22/h3-7,10-15,18,22,26,30,33H,8-9,16-17,19-21H2,1-2H3,(H,35,38). The fraction of sp³-hybridized carbons (Fsp3) is 0.375. The van der Waals surface area contributed by atoms with E-state index in [-0.39, 0.29) is 10.8 Å². The van der Waals surface area contributed by atoms with Crippen LogP contribution in [0.25, 0.3) is 0 Å². The van der Waals surface area contributed by atoms with Crippen LogP contribution >= 0.6 is 0 Å². The van der Waals surface area contributed by atoms with E-state index in [0.717, 1.165) is 43.7 Å². The summed E-state index contributed by atoms with van der Waals surface area (Å²) in [4.78, 5) is 23.3. The van der Waals surface area contributed by atoms with Crippen molar-refractivity contribution in [1.29, 1.82) is 0 Å². The second-order valence-corrected chi connectivity index (χ2v) is 13.4. The van der Waals surface area contributed by atoms with Crippen LogP contribution in [-0.2, 0) is 21.4 Å². The number of aliphatic imine (C=N–C) groups is 1. The van der Waals surface area contributed by atoms with E-state index in [0.29, 0.717) is 35.5 Å². The maximum absolute atomic E-state index is 13.4. The summed E-state index contributed by atoms with van der Waals surface area (Å²) in [5.41, 5.74) is 4.60. The van der Waals surface area contributed by atoms with Crippen molar-refractivity contribution in [1.82, 2.24) is 14.5 Å². The average molecular weight is 572 g/mol. The number of nitrogens with one attached hydrogen (secondary N) is 2. The molecule has 3 aliphatic rings. The first-order valence-electron chi connectivity index (χ1n) is 14.3. The molecule has 214 valence electrons. The highest BCUT2D eigenvalue weighted by atomic mass is 32.2. The highest BCUT2D eigenvalue weighted by Gasteiger charge is 2.37. The quantitative estimate of drug-likeness (QED) is 0.353. The molecule has 0 aromatic heterocycles. The molecule has 1 amide bonds. The molecule has 1 saturated carbocycles. The topological polar surface area (TPSA) is 94.1 Å². The first kappa shape index (κ1) is 27.8. The van der Waals surface area contributed by atoms with Gasteiger partial charge in [0.2, 0.25) is 15.9 Å². The van der Waals surface area contributed by atoms with Gasteiger partial charge in [-0.05, 0) is 86.3 Å². The van der Waals surface area contributed by atoms with Crippen LogP contribution in [0.2, 0.25) is 0 Å². The van der Waals surface area contributed by atoms with Crippen LogP contribution in [0.1, 0.15) is 41.9 Å². The lowest BCUT2D eigenvalue weighted by Gasteiger charge is -2.20. The van der Waals surface area contributed by atoms with Crippen molar-refractivity contribution in [2.75, 3.05) is 39.0 Å². The van der Waals surface area contributed by atoms with E-state index >= 15 is 0 Å². The largest absolute Gasteiger partial charge is 0.325 e. The average Bonchev–Trinajstić information content (AvgIpc) is 3.59. The summed E-state index contributed by atoms with van der Waals surface area (Å²) in [5, 5.41) is 2.94. The molecule has 2 heterocycles. The number of likely N-dealkylation sites (tertiary alicyclic amines) is 1. The van der Waals surface area contributed by atoms with Crippen LogP contribution < -0.4 is 10.0 Å². The van der Waals surface area contributed by atoms with Crippen LogP contribution in [-0.4, -0.2) is 69.6 Å². The van der Waals surface area contributed by atoms with Crippen molar-refractivity contribution in [2.24, 2.45) is 10.9 Å². The van der Waals surface area contributed by atoms with E-state index in [4.69, 9.17) is 4.99 Å². The Balaban J connectivity index is 1.29. The van der Waals surface area contributed by atoms with Gasteiger partial charge in [0.25, 0.3) is 0 Å². The Morgan fingerprint density at radius 1 is 1.02 bits per heavy atom. The molecule has 8 nitrogen and oxygen atoms in total. The smallest absolute Gasteiger partial charge is 0.240 e. The third-order valence-electron chi connectivity index (χ3n) is 8.34. The van der Waals surface area contributed by atoms with E-state index in [1.54, 1.807) is 18.2 Å². The predicted molar refractivity (Wildman–Crippen MR) is 162 cm³/mol. The van der Waals surface area contributed by atoms with Crippen molar-refractivity contribution in [3.63, 3.8) is 0 Å². The highest BCUT2D eigenvalue weighted by Crippen LogP contribution is 2.38. The lowest BCUT2D eigenvalue weighted by atomic mass is 9.90. The molecule has 2 N–H and O–H groups in total. The number of sulfonamides is 1. The molecule has 0 bridgehead atoms. The minimum atomic E-state index is -3.69. The molecule has 0 radical (unpaired) electrons. The molecular formula is C32H37N5O3S. The normalized spacial score (nSPS) is 21.3. The first-order valence-corrected chi connectivity index (χ1v) is 15.8. The minimum absolute atomic E-state index is 0.161. The summed E-state index contributed by atoms with van der Waals surface area (Å²) in [7, 11) is 0.592. The van der Waals surface area contributed by atoms with E-state index < -0.39 is 15.9 Å². The summed E-state index contributed by atoms with van der Waals surface area (Å²) in [5.74, 6) is -0.536. The summed E-state index contributed by atoms with van der Waals surface area (Å²) in [6.07, 6.45) is 3.29. The zero-order chi connectivity index (χ0) is 28.6. The summed E-state index contributed by atoms with van der Waals surface area (Å²) >= 11 is 0.